The second-order valence-electron chi connectivity index (χ2n) is 4.97. The Balaban J connectivity index is 2.02. The minimum Gasteiger partial charge on any atom is -0.504 e. The highest BCUT2D eigenvalue weighted by Crippen LogP contribution is 2.24. The van der Waals surface area contributed by atoms with Crippen LogP contribution in [0.4, 0.5) is 0 Å². The van der Waals surface area contributed by atoms with Gasteiger partial charge in [-0.15, -0.1) is 0 Å². The van der Waals surface area contributed by atoms with Crippen molar-refractivity contribution in [2.24, 2.45) is 5.10 Å². The van der Waals surface area contributed by atoms with Crippen LogP contribution in [0.15, 0.2) is 47.6 Å². The van der Waals surface area contributed by atoms with Crippen LogP contribution in [0.5, 0.6) is 11.5 Å². The van der Waals surface area contributed by atoms with Crippen molar-refractivity contribution in [2.75, 3.05) is 0 Å². The second kappa shape index (κ2) is 6.05. The molecule has 0 aliphatic carbocycles. The number of aromatic hydroxyl groups is 2. The minimum atomic E-state index is -0.205. The number of nitrogens with one attached hydrogen (secondary N) is 1. The maximum atomic E-state index is 9.52. The highest BCUT2D eigenvalue weighted by atomic mass is 32.1. The molecule has 1 aromatic heterocycles. The zero-order chi connectivity index (χ0) is 16.4. The number of hydrogen-bond acceptors (Lipinski definition) is 5. The summed E-state index contributed by atoms with van der Waals surface area (Å²) in [5.74, 6) is 0.221. The molecule has 1 heterocycles. The fourth-order valence-electron chi connectivity index (χ4n) is 2.14. The summed E-state index contributed by atoms with van der Waals surface area (Å²) in [6.45, 7) is 1.99. The fourth-order valence-corrected chi connectivity index (χ4v) is 2.32. The fraction of sp³-hybridized carbons (Fsp3) is 0.0625. The molecule has 2 aromatic carbocycles. The van der Waals surface area contributed by atoms with Crippen LogP contribution in [0.25, 0.3) is 11.4 Å². The second-order valence-corrected chi connectivity index (χ2v) is 5.36. The summed E-state index contributed by atoms with van der Waals surface area (Å²) in [6, 6.07) is 12.2. The maximum absolute atomic E-state index is 9.52. The van der Waals surface area contributed by atoms with E-state index in [-0.39, 0.29) is 11.5 Å². The summed E-state index contributed by atoms with van der Waals surface area (Å²) < 4.78 is 1.88. The van der Waals surface area contributed by atoms with Crippen molar-refractivity contribution in [3.05, 3.63) is 58.4 Å². The van der Waals surface area contributed by atoms with E-state index >= 15 is 0 Å². The van der Waals surface area contributed by atoms with Gasteiger partial charge in [-0.25, -0.2) is 5.10 Å². The Kier molecular flexibility index (Phi) is 3.94. The molecule has 23 heavy (non-hydrogen) atoms. The molecule has 0 radical (unpaired) electrons. The topological polar surface area (TPSA) is 86.4 Å². The van der Waals surface area contributed by atoms with Gasteiger partial charge in [0.2, 0.25) is 4.77 Å². The summed E-state index contributed by atoms with van der Waals surface area (Å²) in [6.07, 6.45) is 1.53. The Morgan fingerprint density at radius 2 is 1.96 bits per heavy atom. The van der Waals surface area contributed by atoms with Crippen molar-refractivity contribution in [3.8, 4) is 22.9 Å². The van der Waals surface area contributed by atoms with Gasteiger partial charge in [-0.2, -0.15) is 14.9 Å². The van der Waals surface area contributed by atoms with Gasteiger partial charge >= 0.3 is 0 Å². The predicted octanol–water partition coefficient (Wildman–Crippen LogP) is 3.21. The molecule has 3 rings (SSSR count). The number of hydrogen-bond donors (Lipinski definition) is 3. The highest BCUT2D eigenvalue weighted by molar-refractivity contribution is 7.71. The Hall–Kier alpha value is -2.93. The zero-order valence-electron chi connectivity index (χ0n) is 12.3. The molecule has 6 nitrogen and oxygen atoms in total. The first-order valence-corrected chi connectivity index (χ1v) is 7.27. The third-order valence-corrected chi connectivity index (χ3v) is 3.62. The molecular weight excluding hydrogens is 312 g/mol. The molecule has 116 valence electrons. The summed E-state index contributed by atoms with van der Waals surface area (Å²) >= 11 is 5.22. The van der Waals surface area contributed by atoms with Gasteiger partial charge in [0.05, 0.1) is 6.21 Å². The molecule has 0 fully saturated rings. The molecule has 0 unspecified atom stereocenters. The molecule has 3 N–H and O–H groups in total. The predicted molar refractivity (Wildman–Crippen MR) is 90.3 cm³/mol. The number of phenolic OH excluding ortho intramolecular Hbond substituents is 2. The molecule has 0 aliphatic rings. The maximum Gasteiger partial charge on any atom is 0.216 e. The third kappa shape index (κ3) is 3.00. The van der Waals surface area contributed by atoms with Crippen LogP contribution >= 0.6 is 12.2 Å². The Bertz CT molecular complexity index is 943. The number of aryl methyl sites for hydroxylation is 1. The van der Waals surface area contributed by atoms with E-state index < -0.39 is 0 Å². The van der Waals surface area contributed by atoms with Gasteiger partial charge in [-0.3, -0.25) is 0 Å². The Morgan fingerprint density at radius 3 is 2.70 bits per heavy atom. The highest BCUT2D eigenvalue weighted by Gasteiger charge is 2.10. The molecular formula is C16H14N4O2S. The minimum absolute atomic E-state index is 0.178. The number of rotatable bonds is 3. The third-order valence-electron chi connectivity index (χ3n) is 3.36. The van der Waals surface area contributed by atoms with E-state index in [1.807, 2.05) is 31.2 Å². The Labute approximate surface area is 137 Å². The van der Waals surface area contributed by atoms with E-state index in [1.54, 1.807) is 6.07 Å². The average molecular weight is 326 g/mol. The monoisotopic (exact) mass is 326 g/mol. The van der Waals surface area contributed by atoms with Crippen molar-refractivity contribution in [1.29, 1.82) is 0 Å². The lowest BCUT2D eigenvalue weighted by Crippen LogP contribution is -1.96. The number of aromatic nitrogens is 3. The van der Waals surface area contributed by atoms with Gasteiger partial charge in [0.25, 0.3) is 0 Å². The zero-order valence-corrected chi connectivity index (χ0v) is 13.1. The standard InChI is InChI=1S/C16H14N4O2S/c1-10-4-2-3-5-12(10)15-18-19-16(23)20(15)17-9-11-6-7-13(21)14(22)8-11/h2-9,21-22H,1H3,(H,19,23). The largest absolute Gasteiger partial charge is 0.504 e. The van der Waals surface area contributed by atoms with E-state index in [4.69, 9.17) is 12.2 Å². The van der Waals surface area contributed by atoms with Crippen LogP contribution in [0, 0.1) is 11.7 Å². The summed E-state index contributed by atoms with van der Waals surface area (Å²) in [4.78, 5) is 0. The molecule has 0 amide bonds. The molecule has 7 heteroatoms. The van der Waals surface area contributed by atoms with Crippen molar-refractivity contribution in [2.45, 2.75) is 6.92 Å². The van der Waals surface area contributed by atoms with Gasteiger partial charge in [0.15, 0.2) is 17.3 Å². The van der Waals surface area contributed by atoms with Crippen molar-refractivity contribution < 1.29 is 10.2 Å². The lowest BCUT2D eigenvalue weighted by Gasteiger charge is -2.04. The van der Waals surface area contributed by atoms with Gasteiger partial charge in [0.1, 0.15) is 0 Å². The molecule has 3 aromatic rings. The number of nitrogens with zero attached hydrogens (tertiary/aromatic N) is 3. The molecule has 0 bridgehead atoms. The van der Waals surface area contributed by atoms with E-state index in [9.17, 15) is 10.2 Å². The quantitative estimate of drug-likeness (QED) is 0.392. The number of H-pyrrole nitrogens is 1. The normalized spacial score (nSPS) is 11.2. The van der Waals surface area contributed by atoms with Gasteiger partial charge in [0, 0.05) is 5.56 Å². The van der Waals surface area contributed by atoms with Crippen molar-refractivity contribution >= 4 is 18.4 Å². The van der Waals surface area contributed by atoms with Crippen LogP contribution < -0.4 is 0 Å². The van der Waals surface area contributed by atoms with Crippen molar-refractivity contribution in [1.82, 2.24) is 14.9 Å². The van der Waals surface area contributed by atoms with E-state index in [2.05, 4.69) is 15.3 Å². The van der Waals surface area contributed by atoms with Gasteiger partial charge < -0.3 is 10.2 Å². The Morgan fingerprint density at radius 1 is 1.17 bits per heavy atom. The van der Waals surface area contributed by atoms with Crippen LogP contribution in [0.1, 0.15) is 11.1 Å². The van der Waals surface area contributed by atoms with Gasteiger partial charge in [-0.1, -0.05) is 24.3 Å². The van der Waals surface area contributed by atoms with Crippen LogP contribution in [0.2, 0.25) is 0 Å². The first kappa shape index (κ1) is 15.0. The number of phenols is 2. The lowest BCUT2D eigenvalue weighted by atomic mass is 10.1. The van der Waals surface area contributed by atoms with Crippen molar-refractivity contribution in [3.63, 3.8) is 0 Å². The van der Waals surface area contributed by atoms with E-state index in [1.165, 1.54) is 23.0 Å². The molecule has 0 aliphatic heterocycles. The van der Waals surface area contributed by atoms with Crippen LogP contribution in [-0.4, -0.2) is 31.3 Å². The van der Waals surface area contributed by atoms with E-state index in [0.29, 0.717) is 16.2 Å². The summed E-state index contributed by atoms with van der Waals surface area (Å²) in [7, 11) is 0. The first-order valence-electron chi connectivity index (χ1n) is 6.86. The number of aromatic amines is 1. The van der Waals surface area contributed by atoms with Crippen LogP contribution in [0.3, 0.4) is 0 Å². The molecule has 0 atom stereocenters. The smallest absolute Gasteiger partial charge is 0.216 e. The average Bonchev–Trinajstić information content (AvgIpc) is 2.90. The van der Waals surface area contributed by atoms with Crippen LogP contribution in [-0.2, 0) is 0 Å². The summed E-state index contributed by atoms with van der Waals surface area (Å²) in [5.41, 5.74) is 2.60. The number of benzene rings is 2. The SMILES string of the molecule is Cc1ccccc1-c1n[nH]c(=S)n1N=Cc1ccc(O)c(O)c1. The molecule has 0 spiro atoms. The lowest BCUT2D eigenvalue weighted by molar-refractivity contribution is 0.403. The van der Waals surface area contributed by atoms with Gasteiger partial charge in [-0.05, 0) is 48.5 Å². The molecule has 0 saturated carbocycles. The molecule has 0 saturated heterocycles. The first-order chi connectivity index (χ1) is 11.1. The van der Waals surface area contributed by atoms with E-state index in [0.717, 1.165) is 11.1 Å². The summed E-state index contributed by atoms with van der Waals surface area (Å²) in [5, 5.41) is 30.1.